The Hall–Kier alpha value is -0.810. The first-order chi connectivity index (χ1) is 6.34. The summed E-state index contributed by atoms with van der Waals surface area (Å²) in [6.45, 7) is 0. The van der Waals surface area contributed by atoms with Gasteiger partial charge >= 0.3 is 0 Å². The number of hydrogen-bond acceptors (Lipinski definition) is 4. The van der Waals surface area contributed by atoms with E-state index < -0.39 is 0 Å². The van der Waals surface area contributed by atoms with Gasteiger partial charge in [0.05, 0.1) is 0 Å². The SMILES string of the molecule is Brc1nnc(Cc2cccnc2)s1. The van der Waals surface area contributed by atoms with Crippen LogP contribution in [-0.4, -0.2) is 15.2 Å². The van der Waals surface area contributed by atoms with E-state index in [0.717, 1.165) is 20.9 Å². The molecule has 0 aliphatic heterocycles. The Morgan fingerprint density at radius 3 is 2.92 bits per heavy atom. The zero-order chi connectivity index (χ0) is 9.10. The summed E-state index contributed by atoms with van der Waals surface area (Å²) < 4.78 is 0.825. The second-order valence-corrected chi connectivity index (χ2v) is 4.82. The highest BCUT2D eigenvalue weighted by Crippen LogP contribution is 2.18. The molecule has 0 aliphatic rings. The third-order valence-electron chi connectivity index (χ3n) is 1.52. The van der Waals surface area contributed by atoms with Crippen LogP contribution in [0.5, 0.6) is 0 Å². The van der Waals surface area contributed by atoms with Gasteiger partial charge in [0.2, 0.25) is 0 Å². The van der Waals surface area contributed by atoms with E-state index in [-0.39, 0.29) is 0 Å². The summed E-state index contributed by atoms with van der Waals surface area (Å²) in [5, 5.41) is 8.88. The predicted molar refractivity (Wildman–Crippen MR) is 54.7 cm³/mol. The lowest BCUT2D eigenvalue weighted by Crippen LogP contribution is -1.87. The van der Waals surface area contributed by atoms with Gasteiger partial charge in [-0.1, -0.05) is 17.4 Å². The summed E-state index contributed by atoms with van der Waals surface area (Å²) in [5.74, 6) is 0. The van der Waals surface area contributed by atoms with Gasteiger partial charge < -0.3 is 0 Å². The van der Waals surface area contributed by atoms with Crippen LogP contribution in [0.3, 0.4) is 0 Å². The molecule has 5 heteroatoms. The molecule has 0 spiro atoms. The van der Waals surface area contributed by atoms with Gasteiger partial charge in [0.15, 0.2) is 3.92 Å². The Labute approximate surface area is 88.0 Å². The van der Waals surface area contributed by atoms with Crippen molar-refractivity contribution in [2.24, 2.45) is 0 Å². The molecule has 0 amide bonds. The van der Waals surface area contributed by atoms with Crippen LogP contribution < -0.4 is 0 Å². The topological polar surface area (TPSA) is 38.7 Å². The van der Waals surface area contributed by atoms with Crippen LogP contribution in [0.25, 0.3) is 0 Å². The molecular formula is C8H6BrN3S. The Kier molecular flexibility index (Phi) is 2.65. The van der Waals surface area contributed by atoms with Crippen molar-refractivity contribution in [3.05, 3.63) is 39.0 Å². The lowest BCUT2D eigenvalue weighted by Gasteiger charge is -1.93. The van der Waals surface area contributed by atoms with Gasteiger partial charge in [-0.15, -0.1) is 10.2 Å². The molecule has 0 unspecified atom stereocenters. The van der Waals surface area contributed by atoms with E-state index in [4.69, 9.17) is 0 Å². The highest BCUT2D eigenvalue weighted by Gasteiger charge is 2.01. The third kappa shape index (κ3) is 2.32. The number of aromatic nitrogens is 3. The number of hydrogen-bond donors (Lipinski definition) is 0. The average molecular weight is 256 g/mol. The van der Waals surface area contributed by atoms with E-state index in [0.29, 0.717) is 0 Å². The van der Waals surface area contributed by atoms with E-state index in [1.807, 2.05) is 18.3 Å². The van der Waals surface area contributed by atoms with Crippen molar-refractivity contribution in [1.82, 2.24) is 15.2 Å². The van der Waals surface area contributed by atoms with Crippen molar-refractivity contribution in [3.8, 4) is 0 Å². The summed E-state index contributed by atoms with van der Waals surface area (Å²) in [7, 11) is 0. The predicted octanol–water partition coefficient (Wildman–Crippen LogP) is 2.29. The smallest absolute Gasteiger partial charge is 0.183 e. The first-order valence-electron chi connectivity index (χ1n) is 3.71. The molecule has 0 saturated heterocycles. The molecule has 0 fully saturated rings. The normalized spacial score (nSPS) is 10.2. The molecule has 3 nitrogen and oxygen atoms in total. The van der Waals surface area contributed by atoms with E-state index in [2.05, 4.69) is 31.1 Å². The largest absolute Gasteiger partial charge is 0.264 e. The molecular weight excluding hydrogens is 250 g/mol. The van der Waals surface area contributed by atoms with Crippen LogP contribution in [0.15, 0.2) is 28.4 Å². The fraction of sp³-hybridized carbons (Fsp3) is 0.125. The minimum atomic E-state index is 0.803. The summed E-state index contributed by atoms with van der Waals surface area (Å²) >= 11 is 4.82. The Morgan fingerprint density at radius 2 is 2.31 bits per heavy atom. The van der Waals surface area contributed by atoms with E-state index >= 15 is 0 Å². The van der Waals surface area contributed by atoms with Crippen LogP contribution in [-0.2, 0) is 6.42 Å². The quantitative estimate of drug-likeness (QED) is 0.827. The molecule has 0 radical (unpaired) electrons. The van der Waals surface area contributed by atoms with Gasteiger partial charge in [0, 0.05) is 18.8 Å². The summed E-state index contributed by atoms with van der Waals surface area (Å²) in [5.41, 5.74) is 1.16. The molecule has 0 bridgehead atoms. The molecule has 0 N–H and O–H groups in total. The highest BCUT2D eigenvalue weighted by atomic mass is 79.9. The first-order valence-corrected chi connectivity index (χ1v) is 5.32. The van der Waals surface area contributed by atoms with Gasteiger partial charge in [-0.25, -0.2) is 0 Å². The molecule has 2 aromatic heterocycles. The Bertz CT molecular complexity index is 387. The summed E-state index contributed by atoms with van der Waals surface area (Å²) in [6, 6.07) is 3.95. The zero-order valence-electron chi connectivity index (χ0n) is 6.64. The minimum Gasteiger partial charge on any atom is -0.264 e. The molecule has 2 heterocycles. The van der Waals surface area contributed by atoms with Gasteiger partial charge in [0.1, 0.15) is 5.01 Å². The van der Waals surface area contributed by atoms with Crippen molar-refractivity contribution in [2.75, 3.05) is 0 Å². The Balaban J connectivity index is 2.15. The first kappa shape index (κ1) is 8.77. The third-order valence-corrected chi connectivity index (χ3v) is 2.88. The van der Waals surface area contributed by atoms with Crippen LogP contribution in [0.2, 0.25) is 0 Å². The Morgan fingerprint density at radius 1 is 1.38 bits per heavy atom. The van der Waals surface area contributed by atoms with E-state index in [1.54, 1.807) is 17.5 Å². The number of nitrogens with zero attached hydrogens (tertiary/aromatic N) is 3. The fourth-order valence-corrected chi connectivity index (χ4v) is 2.22. The van der Waals surface area contributed by atoms with E-state index in [9.17, 15) is 0 Å². The maximum Gasteiger partial charge on any atom is 0.183 e. The molecule has 0 aromatic carbocycles. The monoisotopic (exact) mass is 255 g/mol. The van der Waals surface area contributed by atoms with Gasteiger partial charge in [0.25, 0.3) is 0 Å². The standard InChI is InChI=1S/C8H6BrN3S/c9-8-12-11-7(13-8)4-6-2-1-3-10-5-6/h1-3,5H,4H2. The molecule has 0 atom stereocenters. The molecule has 2 aromatic rings. The van der Waals surface area contributed by atoms with Crippen LogP contribution in [0.1, 0.15) is 10.6 Å². The molecule has 0 aliphatic carbocycles. The molecule has 0 saturated carbocycles. The van der Waals surface area contributed by atoms with Gasteiger partial charge in [-0.3, -0.25) is 4.98 Å². The maximum atomic E-state index is 4.03. The molecule has 66 valence electrons. The number of halogens is 1. The fourth-order valence-electron chi connectivity index (χ4n) is 0.982. The lowest BCUT2D eigenvalue weighted by molar-refractivity contribution is 0.988. The van der Waals surface area contributed by atoms with Crippen LogP contribution >= 0.6 is 27.3 Å². The van der Waals surface area contributed by atoms with E-state index in [1.165, 1.54) is 0 Å². The molecule has 2 rings (SSSR count). The second-order valence-electron chi connectivity index (χ2n) is 2.49. The lowest BCUT2D eigenvalue weighted by atomic mass is 10.2. The number of rotatable bonds is 2. The summed E-state index contributed by atoms with van der Waals surface area (Å²) in [4.78, 5) is 4.03. The van der Waals surface area contributed by atoms with Crippen molar-refractivity contribution < 1.29 is 0 Å². The zero-order valence-corrected chi connectivity index (χ0v) is 9.05. The van der Waals surface area contributed by atoms with Crippen molar-refractivity contribution in [3.63, 3.8) is 0 Å². The van der Waals surface area contributed by atoms with Crippen molar-refractivity contribution in [1.29, 1.82) is 0 Å². The minimum absolute atomic E-state index is 0.803. The highest BCUT2D eigenvalue weighted by molar-refractivity contribution is 9.11. The number of pyridine rings is 1. The molecule has 13 heavy (non-hydrogen) atoms. The van der Waals surface area contributed by atoms with Crippen molar-refractivity contribution in [2.45, 2.75) is 6.42 Å². The second kappa shape index (κ2) is 3.93. The van der Waals surface area contributed by atoms with Crippen molar-refractivity contribution >= 4 is 27.3 Å². The average Bonchev–Trinajstić information content (AvgIpc) is 2.53. The van der Waals surface area contributed by atoms with Gasteiger partial charge in [-0.05, 0) is 27.6 Å². The van der Waals surface area contributed by atoms with Gasteiger partial charge in [-0.2, -0.15) is 0 Å². The maximum absolute atomic E-state index is 4.03. The summed E-state index contributed by atoms with van der Waals surface area (Å²) in [6.07, 6.45) is 4.41. The van der Waals surface area contributed by atoms with Crippen LogP contribution in [0, 0.1) is 0 Å². The van der Waals surface area contributed by atoms with Crippen LogP contribution in [0.4, 0.5) is 0 Å².